The van der Waals surface area contributed by atoms with Crippen LogP contribution in [0.15, 0.2) is 12.1 Å². The molecule has 3 atom stereocenters. The van der Waals surface area contributed by atoms with Gasteiger partial charge in [-0.05, 0) is 37.4 Å². The van der Waals surface area contributed by atoms with E-state index in [1.807, 2.05) is 0 Å². The van der Waals surface area contributed by atoms with E-state index < -0.39 is 0 Å². The Hall–Kier alpha value is -1.33. The number of pyridine rings is 1. The number of halogens is 1. The number of nitrogens with one attached hydrogen (secondary N) is 1. The Morgan fingerprint density at radius 2 is 2.35 bits per heavy atom. The van der Waals surface area contributed by atoms with E-state index in [9.17, 15) is 4.79 Å². The van der Waals surface area contributed by atoms with Crippen LogP contribution in [0.5, 0.6) is 5.75 Å². The average molecular weight is 296 g/mol. The van der Waals surface area contributed by atoms with Crippen molar-refractivity contribution >= 4 is 17.5 Å². The smallest absolute Gasteiger partial charge is 0.270 e. The third-order valence-corrected chi connectivity index (χ3v) is 4.34. The molecule has 0 spiro atoms. The maximum atomic E-state index is 12.2. The summed E-state index contributed by atoms with van der Waals surface area (Å²) in [5.41, 5.74) is 0.337. The molecule has 2 fully saturated rings. The Morgan fingerprint density at radius 3 is 3.05 bits per heavy atom. The first-order valence-corrected chi connectivity index (χ1v) is 7.27. The van der Waals surface area contributed by atoms with Gasteiger partial charge in [0.05, 0.1) is 7.11 Å². The molecule has 1 N–H and O–H groups in total. The number of carbonyl (C=O) groups excluding carboxylic acids is 1. The van der Waals surface area contributed by atoms with E-state index in [0.717, 1.165) is 25.4 Å². The van der Waals surface area contributed by atoms with Crippen LogP contribution in [0.25, 0.3) is 0 Å². The Bertz CT molecular complexity index is 511. The summed E-state index contributed by atoms with van der Waals surface area (Å²) < 4.78 is 5.03. The number of rotatable bonds is 3. The third kappa shape index (κ3) is 2.74. The second kappa shape index (κ2) is 5.58. The first-order chi connectivity index (χ1) is 9.65. The van der Waals surface area contributed by atoms with Gasteiger partial charge in [0, 0.05) is 19.1 Å². The lowest BCUT2D eigenvalue weighted by molar-refractivity contribution is 0.0904. The van der Waals surface area contributed by atoms with E-state index in [2.05, 4.69) is 15.2 Å². The van der Waals surface area contributed by atoms with Crippen LogP contribution in [0.2, 0.25) is 5.15 Å². The van der Waals surface area contributed by atoms with Gasteiger partial charge in [-0.2, -0.15) is 0 Å². The molecule has 0 aromatic carbocycles. The molecule has 1 aromatic heterocycles. The van der Waals surface area contributed by atoms with E-state index >= 15 is 0 Å². The van der Waals surface area contributed by atoms with Gasteiger partial charge in [-0.1, -0.05) is 11.6 Å². The highest BCUT2D eigenvalue weighted by molar-refractivity contribution is 6.31. The lowest BCUT2D eigenvalue weighted by Crippen LogP contribution is -2.47. The summed E-state index contributed by atoms with van der Waals surface area (Å²) in [7, 11) is 1.52. The highest BCUT2D eigenvalue weighted by Gasteiger charge is 2.33. The monoisotopic (exact) mass is 295 g/mol. The topological polar surface area (TPSA) is 54.5 Å². The predicted molar refractivity (Wildman–Crippen MR) is 76.2 cm³/mol. The Kier molecular flexibility index (Phi) is 3.81. The van der Waals surface area contributed by atoms with Crippen molar-refractivity contribution < 1.29 is 9.53 Å². The summed E-state index contributed by atoms with van der Waals surface area (Å²) in [4.78, 5) is 18.7. The van der Waals surface area contributed by atoms with Crippen LogP contribution in [0.1, 0.15) is 23.3 Å². The zero-order chi connectivity index (χ0) is 14.1. The average Bonchev–Trinajstić information content (AvgIpc) is 2.77. The maximum Gasteiger partial charge on any atom is 0.270 e. The van der Waals surface area contributed by atoms with Crippen molar-refractivity contribution in [2.24, 2.45) is 5.92 Å². The van der Waals surface area contributed by atoms with Crippen molar-refractivity contribution in [3.8, 4) is 5.75 Å². The number of piperidine rings is 1. The van der Waals surface area contributed by atoms with Crippen LogP contribution in [-0.2, 0) is 0 Å². The van der Waals surface area contributed by atoms with Crippen molar-refractivity contribution in [1.29, 1.82) is 0 Å². The molecule has 0 radical (unpaired) electrons. The minimum atomic E-state index is -0.165. The van der Waals surface area contributed by atoms with E-state index in [1.54, 1.807) is 12.1 Å². The summed E-state index contributed by atoms with van der Waals surface area (Å²) in [6, 6.07) is 3.52. The van der Waals surface area contributed by atoms with Crippen molar-refractivity contribution in [3.63, 3.8) is 0 Å². The van der Waals surface area contributed by atoms with Crippen LogP contribution in [0, 0.1) is 5.92 Å². The number of ether oxygens (including phenoxy) is 1. The molecule has 3 heterocycles. The van der Waals surface area contributed by atoms with E-state index in [0.29, 0.717) is 11.4 Å². The Balaban J connectivity index is 1.65. The van der Waals surface area contributed by atoms with E-state index in [4.69, 9.17) is 16.3 Å². The molecule has 5 nitrogen and oxygen atoms in total. The second-order valence-corrected chi connectivity index (χ2v) is 5.87. The van der Waals surface area contributed by atoms with Crippen molar-refractivity contribution in [1.82, 2.24) is 15.2 Å². The molecule has 1 aromatic rings. The van der Waals surface area contributed by atoms with Gasteiger partial charge in [0.15, 0.2) is 10.9 Å². The molecule has 2 aliphatic heterocycles. The number of aromatic nitrogens is 1. The fraction of sp³-hybridized carbons (Fsp3) is 0.571. The van der Waals surface area contributed by atoms with E-state index in [-0.39, 0.29) is 17.1 Å². The second-order valence-electron chi connectivity index (χ2n) is 5.51. The lowest BCUT2D eigenvalue weighted by atomic mass is 9.97. The summed E-state index contributed by atoms with van der Waals surface area (Å²) in [5.74, 6) is 1.04. The maximum absolute atomic E-state index is 12.2. The first-order valence-electron chi connectivity index (χ1n) is 6.89. The van der Waals surface area contributed by atoms with Crippen molar-refractivity contribution in [2.45, 2.75) is 18.9 Å². The normalized spacial score (nSPS) is 28.2. The molecule has 1 unspecified atom stereocenters. The fourth-order valence-corrected chi connectivity index (χ4v) is 3.35. The Morgan fingerprint density at radius 1 is 1.50 bits per heavy atom. The molecule has 1 amide bonds. The molecule has 6 heteroatoms. The number of nitrogens with zero attached hydrogens (tertiary/aromatic N) is 2. The summed E-state index contributed by atoms with van der Waals surface area (Å²) in [6.45, 7) is 3.27. The lowest BCUT2D eigenvalue weighted by Gasteiger charge is -2.30. The standard InChI is InChI=1S/C14H18ClN3O2/c1-20-12-3-2-11(17-13(12)15)14(19)16-10-6-9-4-5-18(7-9)8-10/h2-3,9-10H,4-8H2,1H3,(H,16,19)/t9-,10-/m1/s1. The third-order valence-electron chi connectivity index (χ3n) is 4.07. The van der Waals surface area contributed by atoms with Crippen LogP contribution < -0.4 is 10.1 Å². The molecule has 2 saturated heterocycles. The van der Waals surface area contributed by atoms with Crippen LogP contribution in [0.4, 0.5) is 0 Å². The van der Waals surface area contributed by atoms with Gasteiger partial charge in [-0.15, -0.1) is 0 Å². The predicted octanol–water partition coefficient (Wildman–Crippen LogP) is 1.57. The van der Waals surface area contributed by atoms with Gasteiger partial charge < -0.3 is 15.0 Å². The number of hydrogen-bond donors (Lipinski definition) is 1. The number of amides is 1. The van der Waals surface area contributed by atoms with Crippen LogP contribution in [0.3, 0.4) is 0 Å². The van der Waals surface area contributed by atoms with Gasteiger partial charge >= 0.3 is 0 Å². The molecule has 108 valence electrons. The number of carbonyl (C=O) groups is 1. The molecule has 3 rings (SSSR count). The zero-order valence-electron chi connectivity index (χ0n) is 11.4. The van der Waals surface area contributed by atoms with Gasteiger partial charge in [0.1, 0.15) is 5.69 Å². The fourth-order valence-electron chi connectivity index (χ4n) is 3.12. The minimum Gasteiger partial charge on any atom is -0.494 e. The van der Waals surface area contributed by atoms with E-state index in [1.165, 1.54) is 20.1 Å². The molecule has 20 heavy (non-hydrogen) atoms. The minimum absolute atomic E-state index is 0.165. The molecule has 2 aliphatic rings. The van der Waals surface area contributed by atoms with Gasteiger partial charge in [0.25, 0.3) is 5.91 Å². The van der Waals surface area contributed by atoms with Gasteiger partial charge in [0.2, 0.25) is 0 Å². The number of hydrogen-bond acceptors (Lipinski definition) is 4. The zero-order valence-corrected chi connectivity index (χ0v) is 12.2. The largest absolute Gasteiger partial charge is 0.494 e. The molecule has 2 bridgehead atoms. The van der Waals surface area contributed by atoms with Gasteiger partial charge in [-0.25, -0.2) is 4.98 Å². The van der Waals surface area contributed by atoms with Crippen molar-refractivity contribution in [3.05, 3.63) is 23.0 Å². The SMILES string of the molecule is COc1ccc(C(=O)N[C@@H]2C[C@H]3CCN(C3)C2)nc1Cl. The van der Waals surface area contributed by atoms with Crippen molar-refractivity contribution in [2.75, 3.05) is 26.7 Å². The summed E-state index contributed by atoms with van der Waals surface area (Å²) in [6.07, 6.45) is 2.31. The molecular formula is C14H18ClN3O2. The quantitative estimate of drug-likeness (QED) is 0.860. The molecule has 0 aliphatic carbocycles. The van der Waals surface area contributed by atoms with Crippen LogP contribution in [-0.4, -0.2) is 48.6 Å². The summed E-state index contributed by atoms with van der Waals surface area (Å²) in [5, 5.41) is 3.27. The highest BCUT2D eigenvalue weighted by atomic mass is 35.5. The molecule has 0 saturated carbocycles. The number of fused-ring (bicyclic) bond motifs is 2. The number of methoxy groups -OCH3 is 1. The molecular weight excluding hydrogens is 278 g/mol. The Labute approximate surface area is 123 Å². The highest BCUT2D eigenvalue weighted by Crippen LogP contribution is 2.27. The summed E-state index contributed by atoms with van der Waals surface area (Å²) >= 11 is 5.95. The van der Waals surface area contributed by atoms with Crippen LogP contribution >= 0.6 is 11.6 Å². The first kappa shape index (κ1) is 13.6. The van der Waals surface area contributed by atoms with Gasteiger partial charge in [-0.3, -0.25) is 4.79 Å².